The number of nitrogens with zero attached hydrogens (tertiary/aromatic N) is 1. The molecule has 1 heterocycles. The molecule has 1 amide bonds. The van der Waals surface area contributed by atoms with E-state index in [0.717, 1.165) is 0 Å². The lowest BCUT2D eigenvalue weighted by Gasteiger charge is -2.35. The average Bonchev–Trinajstić information content (AvgIpc) is 2.35. The molecule has 0 spiro atoms. The fraction of sp³-hybridized carbons (Fsp3) is 0.833. The van der Waals surface area contributed by atoms with Crippen molar-refractivity contribution >= 4 is 12.1 Å². The zero-order valence-electron chi connectivity index (χ0n) is 11.8. The summed E-state index contributed by atoms with van der Waals surface area (Å²) >= 11 is 0. The molecule has 2 N–H and O–H groups in total. The lowest BCUT2D eigenvalue weighted by Crippen LogP contribution is -2.55. The monoisotopic (exact) mass is 274 g/mol. The van der Waals surface area contributed by atoms with Gasteiger partial charge in [0.05, 0.1) is 20.3 Å². The highest BCUT2D eigenvalue weighted by molar-refractivity contribution is 5.76. The summed E-state index contributed by atoms with van der Waals surface area (Å²) in [6.07, 6.45) is -1.01. The Morgan fingerprint density at radius 2 is 2.05 bits per heavy atom. The molecule has 0 aromatic heterocycles. The van der Waals surface area contributed by atoms with Crippen molar-refractivity contribution in [3.63, 3.8) is 0 Å². The maximum absolute atomic E-state index is 11.9. The third-order valence-corrected chi connectivity index (χ3v) is 2.62. The minimum absolute atomic E-state index is 0.213. The van der Waals surface area contributed by atoms with Crippen LogP contribution in [0, 0.1) is 0 Å². The minimum Gasteiger partial charge on any atom is -0.468 e. The normalized spacial score (nSPS) is 21.7. The van der Waals surface area contributed by atoms with E-state index in [4.69, 9.17) is 15.2 Å². The SMILES string of the molecule is COC(=O)C(N)C1CN(C(=O)OC(C)(C)C)CCO1. The van der Waals surface area contributed by atoms with Crippen molar-refractivity contribution < 1.29 is 23.8 Å². The van der Waals surface area contributed by atoms with Crippen molar-refractivity contribution in [1.29, 1.82) is 0 Å². The molecule has 7 nitrogen and oxygen atoms in total. The first kappa shape index (κ1) is 15.7. The molecule has 1 fully saturated rings. The van der Waals surface area contributed by atoms with E-state index in [1.165, 1.54) is 12.0 Å². The summed E-state index contributed by atoms with van der Waals surface area (Å²) in [6.45, 7) is 6.33. The van der Waals surface area contributed by atoms with Crippen molar-refractivity contribution in [2.75, 3.05) is 26.8 Å². The number of esters is 1. The average molecular weight is 274 g/mol. The van der Waals surface area contributed by atoms with Gasteiger partial charge in [-0.1, -0.05) is 0 Å². The second kappa shape index (κ2) is 6.21. The smallest absolute Gasteiger partial charge is 0.410 e. The number of morpholine rings is 1. The van der Waals surface area contributed by atoms with Gasteiger partial charge in [0.2, 0.25) is 0 Å². The van der Waals surface area contributed by atoms with Gasteiger partial charge in [-0.05, 0) is 20.8 Å². The van der Waals surface area contributed by atoms with E-state index in [1.54, 1.807) is 20.8 Å². The van der Waals surface area contributed by atoms with Gasteiger partial charge >= 0.3 is 12.1 Å². The van der Waals surface area contributed by atoms with Crippen LogP contribution in [0.5, 0.6) is 0 Å². The zero-order valence-corrected chi connectivity index (χ0v) is 11.8. The van der Waals surface area contributed by atoms with Crippen molar-refractivity contribution in [3.8, 4) is 0 Å². The van der Waals surface area contributed by atoms with Crippen LogP contribution in [0.3, 0.4) is 0 Å². The van der Waals surface area contributed by atoms with Crippen LogP contribution in [0.15, 0.2) is 0 Å². The quantitative estimate of drug-likeness (QED) is 0.719. The number of amides is 1. The second-order valence-corrected chi connectivity index (χ2v) is 5.38. The Balaban J connectivity index is 2.59. The molecule has 0 radical (unpaired) electrons. The fourth-order valence-electron chi connectivity index (χ4n) is 1.67. The number of hydrogen-bond donors (Lipinski definition) is 1. The van der Waals surface area contributed by atoms with Crippen LogP contribution in [0.4, 0.5) is 4.79 Å². The van der Waals surface area contributed by atoms with Crippen molar-refractivity contribution in [2.45, 2.75) is 38.5 Å². The van der Waals surface area contributed by atoms with E-state index in [9.17, 15) is 9.59 Å². The predicted octanol–water partition coefficient (Wildman–Crippen LogP) is 0.123. The van der Waals surface area contributed by atoms with Crippen LogP contribution in [0.25, 0.3) is 0 Å². The minimum atomic E-state index is -0.907. The highest BCUT2D eigenvalue weighted by atomic mass is 16.6. The number of nitrogens with two attached hydrogens (primary N) is 1. The van der Waals surface area contributed by atoms with E-state index < -0.39 is 29.8 Å². The first-order valence-corrected chi connectivity index (χ1v) is 6.17. The molecule has 1 saturated heterocycles. The molecule has 0 aromatic carbocycles. The van der Waals surface area contributed by atoms with E-state index in [-0.39, 0.29) is 6.54 Å². The first-order chi connectivity index (χ1) is 8.74. The molecule has 0 saturated carbocycles. The predicted molar refractivity (Wildman–Crippen MR) is 67.5 cm³/mol. The maximum Gasteiger partial charge on any atom is 0.410 e. The Morgan fingerprint density at radius 1 is 1.42 bits per heavy atom. The van der Waals surface area contributed by atoms with Crippen molar-refractivity contribution in [2.24, 2.45) is 5.73 Å². The third kappa shape index (κ3) is 4.68. The van der Waals surface area contributed by atoms with Gasteiger partial charge in [-0.3, -0.25) is 4.79 Å². The number of rotatable bonds is 2. The Hall–Kier alpha value is -1.34. The highest BCUT2D eigenvalue weighted by Crippen LogP contribution is 2.14. The largest absolute Gasteiger partial charge is 0.468 e. The van der Waals surface area contributed by atoms with Gasteiger partial charge < -0.3 is 24.8 Å². The molecule has 1 rings (SSSR count). The summed E-state index contributed by atoms with van der Waals surface area (Å²) in [5.41, 5.74) is 5.15. The molecule has 7 heteroatoms. The summed E-state index contributed by atoms with van der Waals surface area (Å²) in [7, 11) is 1.26. The highest BCUT2D eigenvalue weighted by Gasteiger charge is 2.34. The van der Waals surface area contributed by atoms with Crippen molar-refractivity contribution in [3.05, 3.63) is 0 Å². The summed E-state index contributed by atoms with van der Waals surface area (Å²) in [4.78, 5) is 24.8. The maximum atomic E-state index is 11.9. The molecular formula is C12H22N2O5. The number of carbonyl (C=O) groups excluding carboxylic acids is 2. The lowest BCUT2D eigenvalue weighted by molar-refractivity contribution is -0.148. The van der Waals surface area contributed by atoms with Gasteiger partial charge in [-0.2, -0.15) is 0 Å². The van der Waals surface area contributed by atoms with E-state index in [1.807, 2.05) is 0 Å². The van der Waals surface area contributed by atoms with Crippen molar-refractivity contribution in [1.82, 2.24) is 4.90 Å². The number of ether oxygens (including phenoxy) is 3. The first-order valence-electron chi connectivity index (χ1n) is 6.17. The van der Waals surface area contributed by atoms with Crippen LogP contribution in [-0.4, -0.2) is 61.5 Å². The van der Waals surface area contributed by atoms with Crippen LogP contribution >= 0.6 is 0 Å². The van der Waals surface area contributed by atoms with E-state index in [0.29, 0.717) is 13.2 Å². The molecule has 0 aliphatic carbocycles. The molecule has 2 atom stereocenters. The fourth-order valence-corrected chi connectivity index (χ4v) is 1.67. The van der Waals surface area contributed by atoms with Crippen LogP contribution in [0.1, 0.15) is 20.8 Å². The standard InChI is InChI=1S/C12H22N2O5/c1-12(2,3)19-11(16)14-5-6-18-8(7-14)9(13)10(15)17-4/h8-9H,5-7,13H2,1-4H3. The molecule has 19 heavy (non-hydrogen) atoms. The second-order valence-electron chi connectivity index (χ2n) is 5.38. The van der Waals surface area contributed by atoms with Gasteiger partial charge in [0.25, 0.3) is 0 Å². The van der Waals surface area contributed by atoms with E-state index in [2.05, 4.69) is 4.74 Å². The topological polar surface area (TPSA) is 91.1 Å². The molecule has 110 valence electrons. The summed E-state index contributed by atoms with van der Waals surface area (Å²) in [5.74, 6) is -0.559. The lowest BCUT2D eigenvalue weighted by atomic mass is 10.1. The molecule has 1 aliphatic rings. The van der Waals surface area contributed by atoms with Gasteiger partial charge in [-0.25, -0.2) is 4.79 Å². The van der Waals surface area contributed by atoms with E-state index >= 15 is 0 Å². The van der Waals surface area contributed by atoms with Crippen LogP contribution < -0.4 is 5.73 Å². The molecule has 2 unspecified atom stereocenters. The van der Waals surface area contributed by atoms with Crippen LogP contribution in [-0.2, 0) is 19.0 Å². The number of methoxy groups -OCH3 is 1. The number of carbonyl (C=O) groups is 2. The molecular weight excluding hydrogens is 252 g/mol. The summed E-state index contributed by atoms with van der Waals surface area (Å²) in [5, 5.41) is 0. The Labute approximate surface area is 113 Å². The Kier molecular flexibility index (Phi) is 5.13. The van der Waals surface area contributed by atoms with Gasteiger partial charge in [0, 0.05) is 6.54 Å². The zero-order chi connectivity index (χ0) is 14.6. The third-order valence-electron chi connectivity index (χ3n) is 2.62. The van der Waals surface area contributed by atoms with Gasteiger partial charge in [-0.15, -0.1) is 0 Å². The van der Waals surface area contributed by atoms with Gasteiger partial charge in [0.15, 0.2) is 0 Å². The molecule has 0 bridgehead atoms. The van der Waals surface area contributed by atoms with Gasteiger partial charge in [0.1, 0.15) is 17.7 Å². The Bertz CT molecular complexity index is 340. The molecule has 0 aromatic rings. The Morgan fingerprint density at radius 3 is 2.58 bits per heavy atom. The van der Waals surface area contributed by atoms with Crippen LogP contribution in [0.2, 0.25) is 0 Å². The number of hydrogen-bond acceptors (Lipinski definition) is 6. The molecule has 1 aliphatic heterocycles. The summed E-state index contributed by atoms with van der Waals surface area (Å²) < 4.78 is 15.2. The summed E-state index contributed by atoms with van der Waals surface area (Å²) in [6, 6.07) is -0.907.